The van der Waals surface area contributed by atoms with E-state index in [2.05, 4.69) is 0 Å². The lowest BCUT2D eigenvalue weighted by molar-refractivity contribution is -0.450. The smallest absolute Gasteiger partial charge is 0.378 e. The maximum atomic E-state index is 13.7. The summed E-state index contributed by atoms with van der Waals surface area (Å²) in [4.78, 5) is 12.8. The van der Waals surface area contributed by atoms with Crippen LogP contribution in [0.3, 0.4) is 0 Å². The average molecular weight is 275 g/mol. The van der Waals surface area contributed by atoms with Gasteiger partial charge in [0.15, 0.2) is 0 Å². The first kappa shape index (κ1) is 15.7. The van der Waals surface area contributed by atoms with Crippen LogP contribution in [0.2, 0.25) is 0 Å². The van der Waals surface area contributed by atoms with Gasteiger partial charge in [-0.15, -0.1) is 4.39 Å². The van der Waals surface area contributed by atoms with Crippen molar-refractivity contribution in [2.24, 2.45) is 5.92 Å². The first-order valence-corrected chi connectivity index (χ1v) is 6.44. The molecule has 19 heavy (non-hydrogen) atoms. The zero-order valence-electron chi connectivity index (χ0n) is 11.9. The van der Waals surface area contributed by atoms with Gasteiger partial charge in [-0.05, 0) is 20.3 Å². The predicted molar refractivity (Wildman–Crippen MR) is 69.6 cm³/mol. The molecule has 2 unspecified atom stereocenters. The van der Waals surface area contributed by atoms with E-state index in [0.29, 0.717) is 19.7 Å². The molecule has 0 aromatic heterocycles. The van der Waals surface area contributed by atoms with Crippen LogP contribution in [0.1, 0.15) is 20.3 Å². The molecule has 0 saturated carbocycles. The van der Waals surface area contributed by atoms with E-state index in [1.54, 1.807) is 19.0 Å². The number of rotatable bonds is 6. The molecule has 1 aliphatic heterocycles. The van der Waals surface area contributed by atoms with E-state index in [-0.39, 0.29) is 17.8 Å². The fraction of sp³-hybridized carbons (Fsp3) is 0.833. The van der Waals surface area contributed by atoms with Crippen LogP contribution in [0.4, 0.5) is 4.39 Å². The average Bonchev–Trinajstić information content (AvgIpc) is 2.73. The van der Waals surface area contributed by atoms with Gasteiger partial charge in [-0.1, -0.05) is 0 Å². The van der Waals surface area contributed by atoms with Crippen LogP contribution in [-0.2, 0) is 4.74 Å². The van der Waals surface area contributed by atoms with Crippen molar-refractivity contribution in [3.05, 3.63) is 21.9 Å². The van der Waals surface area contributed by atoms with Crippen molar-refractivity contribution >= 4 is 0 Å². The number of hydrogen-bond acceptors (Lipinski definition) is 5. The maximum Gasteiger partial charge on any atom is 0.460 e. The van der Waals surface area contributed by atoms with E-state index >= 15 is 0 Å². The number of nitrogens with zero attached hydrogens (tertiary/aromatic N) is 3. The number of ether oxygens (including phenoxy) is 1. The fourth-order valence-corrected chi connectivity index (χ4v) is 2.39. The Hall–Kier alpha value is -1.37. The van der Waals surface area contributed by atoms with Crippen molar-refractivity contribution in [1.82, 2.24) is 9.80 Å². The Kier molecular flexibility index (Phi) is 5.53. The second-order valence-corrected chi connectivity index (χ2v) is 5.05. The minimum Gasteiger partial charge on any atom is -0.378 e. The summed E-state index contributed by atoms with van der Waals surface area (Å²) in [6.07, 6.45) is 1.10. The molecule has 0 bridgehead atoms. The van der Waals surface area contributed by atoms with Gasteiger partial charge >= 0.3 is 5.95 Å². The zero-order valence-corrected chi connectivity index (χ0v) is 11.9. The molecule has 0 aromatic rings. The van der Waals surface area contributed by atoms with E-state index in [4.69, 9.17) is 4.74 Å². The molecule has 1 rings (SSSR count). The largest absolute Gasteiger partial charge is 0.460 e. The van der Waals surface area contributed by atoms with Gasteiger partial charge in [0.05, 0.1) is 17.6 Å². The highest BCUT2D eigenvalue weighted by Gasteiger charge is 2.29. The summed E-state index contributed by atoms with van der Waals surface area (Å²) in [6.45, 7) is 5.56. The molecular weight excluding hydrogens is 253 g/mol. The van der Waals surface area contributed by atoms with Gasteiger partial charge in [0, 0.05) is 33.1 Å². The number of halogens is 1. The molecule has 1 aliphatic rings. The summed E-state index contributed by atoms with van der Waals surface area (Å²) in [5.41, 5.74) is 0. The Morgan fingerprint density at radius 3 is 2.53 bits per heavy atom. The van der Waals surface area contributed by atoms with E-state index in [9.17, 15) is 14.5 Å². The third-order valence-corrected chi connectivity index (χ3v) is 3.21. The Labute approximate surface area is 113 Å². The second kappa shape index (κ2) is 6.70. The third kappa shape index (κ3) is 4.05. The van der Waals surface area contributed by atoms with Gasteiger partial charge in [-0.2, -0.15) is 0 Å². The van der Waals surface area contributed by atoms with Crippen LogP contribution in [0, 0.1) is 16.0 Å². The molecular formula is C12H22FN3O3. The molecule has 1 heterocycles. The quantitative estimate of drug-likeness (QED) is 0.419. The van der Waals surface area contributed by atoms with Crippen molar-refractivity contribution in [3.8, 4) is 0 Å². The monoisotopic (exact) mass is 275 g/mol. The molecule has 0 spiro atoms. The summed E-state index contributed by atoms with van der Waals surface area (Å²) >= 11 is 0. The minimum atomic E-state index is -1.31. The second-order valence-electron chi connectivity index (χ2n) is 5.05. The van der Waals surface area contributed by atoms with Crippen LogP contribution < -0.4 is 0 Å². The molecule has 0 radical (unpaired) electrons. The summed E-state index contributed by atoms with van der Waals surface area (Å²) in [7, 11) is 3.21. The highest BCUT2D eigenvalue weighted by Crippen LogP contribution is 2.23. The van der Waals surface area contributed by atoms with Gasteiger partial charge in [0.2, 0.25) is 5.82 Å². The molecule has 1 fully saturated rings. The SMILES string of the molecule is CCN(CC1COC(C)C1)C(=C(F)[N+](=O)[O-])N(C)C. The van der Waals surface area contributed by atoms with Crippen LogP contribution in [0.15, 0.2) is 11.8 Å². The zero-order chi connectivity index (χ0) is 14.6. The lowest BCUT2D eigenvalue weighted by Crippen LogP contribution is -2.36. The van der Waals surface area contributed by atoms with Crippen LogP contribution in [-0.4, -0.2) is 54.6 Å². The van der Waals surface area contributed by atoms with Crippen molar-refractivity contribution in [2.45, 2.75) is 26.4 Å². The molecule has 110 valence electrons. The first-order chi connectivity index (χ1) is 8.86. The molecule has 0 aliphatic carbocycles. The molecule has 0 N–H and O–H groups in total. The molecule has 2 atom stereocenters. The normalized spacial score (nSPS) is 24.1. The van der Waals surface area contributed by atoms with Gasteiger partial charge in [-0.3, -0.25) is 10.1 Å². The summed E-state index contributed by atoms with van der Waals surface area (Å²) in [6, 6.07) is 0. The summed E-state index contributed by atoms with van der Waals surface area (Å²) < 4.78 is 19.2. The molecule has 1 saturated heterocycles. The Balaban J connectivity index is 2.86. The van der Waals surface area contributed by atoms with Crippen LogP contribution >= 0.6 is 0 Å². The fourth-order valence-electron chi connectivity index (χ4n) is 2.39. The predicted octanol–water partition coefficient (Wildman–Crippen LogP) is 1.67. The van der Waals surface area contributed by atoms with E-state index < -0.39 is 10.9 Å². The maximum absolute atomic E-state index is 13.7. The molecule has 0 aromatic carbocycles. The van der Waals surface area contributed by atoms with Gasteiger partial charge < -0.3 is 14.5 Å². The van der Waals surface area contributed by atoms with Crippen molar-refractivity contribution in [1.29, 1.82) is 0 Å². The molecule has 0 amide bonds. The lowest BCUT2D eigenvalue weighted by atomic mass is 10.1. The van der Waals surface area contributed by atoms with Gasteiger partial charge in [0.1, 0.15) is 0 Å². The lowest BCUT2D eigenvalue weighted by Gasteiger charge is -2.30. The van der Waals surface area contributed by atoms with E-state index in [1.807, 2.05) is 13.8 Å². The minimum absolute atomic E-state index is 0.0204. The topological polar surface area (TPSA) is 58.9 Å². The van der Waals surface area contributed by atoms with Crippen LogP contribution in [0.25, 0.3) is 0 Å². The van der Waals surface area contributed by atoms with E-state index in [0.717, 1.165) is 6.42 Å². The Morgan fingerprint density at radius 2 is 2.16 bits per heavy atom. The highest BCUT2D eigenvalue weighted by atomic mass is 19.1. The van der Waals surface area contributed by atoms with Gasteiger partial charge in [-0.25, -0.2) is 0 Å². The van der Waals surface area contributed by atoms with E-state index in [1.165, 1.54) is 4.90 Å². The van der Waals surface area contributed by atoms with Crippen LogP contribution in [0.5, 0.6) is 0 Å². The summed E-state index contributed by atoms with van der Waals surface area (Å²) in [5.74, 6) is -1.00. The first-order valence-electron chi connectivity index (χ1n) is 6.44. The number of hydrogen-bond donors (Lipinski definition) is 0. The Bertz CT molecular complexity index is 360. The molecule has 7 heteroatoms. The van der Waals surface area contributed by atoms with Crippen molar-refractivity contribution < 1.29 is 14.1 Å². The number of nitro groups is 1. The molecule has 6 nitrogen and oxygen atoms in total. The third-order valence-electron chi connectivity index (χ3n) is 3.21. The Morgan fingerprint density at radius 1 is 1.53 bits per heavy atom. The van der Waals surface area contributed by atoms with Gasteiger partial charge in [0.25, 0.3) is 0 Å². The van der Waals surface area contributed by atoms with Crippen molar-refractivity contribution in [2.75, 3.05) is 33.8 Å². The standard InChI is InChI=1S/C12H22FN3O3/c1-5-15(7-10-6-9(2)19-8-10)12(14(3)4)11(13)16(17)18/h9-10H,5-8H2,1-4H3. The van der Waals surface area contributed by atoms with Crippen molar-refractivity contribution in [3.63, 3.8) is 0 Å². The highest BCUT2D eigenvalue weighted by molar-refractivity contribution is 5.00. The summed E-state index contributed by atoms with van der Waals surface area (Å²) in [5, 5.41) is 10.6.